The smallest absolute Gasteiger partial charge is 0.260 e. The van der Waals surface area contributed by atoms with Gasteiger partial charge in [-0.2, -0.15) is 0 Å². The Kier molecular flexibility index (Phi) is 4.82. The molecular formula is C15H21NO4. The van der Waals surface area contributed by atoms with Crippen LogP contribution in [-0.4, -0.2) is 30.0 Å². The van der Waals surface area contributed by atoms with Crippen LogP contribution in [-0.2, 0) is 4.79 Å². The van der Waals surface area contributed by atoms with E-state index in [-0.39, 0.29) is 29.7 Å². The number of ether oxygens (including phenoxy) is 1. The Bertz CT molecular complexity index is 523. The molecule has 110 valence electrons. The second-order valence-electron chi connectivity index (χ2n) is 5.24. The molecule has 5 heteroatoms. The van der Waals surface area contributed by atoms with E-state index in [1.54, 1.807) is 6.92 Å². The van der Waals surface area contributed by atoms with Crippen LogP contribution in [0.3, 0.4) is 0 Å². The SMILES string of the molecule is Cc1occc(=O)c1OCC(=O)N1CCCCCC1C. The first kappa shape index (κ1) is 14.6. The molecule has 1 aromatic heterocycles. The van der Waals surface area contributed by atoms with Crippen molar-refractivity contribution in [1.29, 1.82) is 0 Å². The third-order valence-electron chi connectivity index (χ3n) is 3.72. The highest BCUT2D eigenvalue weighted by molar-refractivity contribution is 5.78. The quantitative estimate of drug-likeness (QED) is 0.850. The molecule has 1 aliphatic rings. The van der Waals surface area contributed by atoms with Crippen LogP contribution >= 0.6 is 0 Å². The van der Waals surface area contributed by atoms with Crippen molar-refractivity contribution in [1.82, 2.24) is 4.90 Å². The van der Waals surface area contributed by atoms with Gasteiger partial charge in [0, 0.05) is 18.7 Å². The molecule has 1 fully saturated rings. The van der Waals surface area contributed by atoms with Crippen molar-refractivity contribution in [3.8, 4) is 5.75 Å². The van der Waals surface area contributed by atoms with Crippen molar-refractivity contribution >= 4 is 5.91 Å². The first-order valence-corrected chi connectivity index (χ1v) is 7.10. The van der Waals surface area contributed by atoms with Crippen LogP contribution in [0.15, 0.2) is 21.5 Å². The number of hydrogen-bond acceptors (Lipinski definition) is 4. The van der Waals surface area contributed by atoms with Crippen molar-refractivity contribution in [2.45, 2.75) is 45.6 Å². The number of hydrogen-bond donors (Lipinski definition) is 0. The fourth-order valence-corrected chi connectivity index (χ4v) is 2.54. The molecule has 1 amide bonds. The molecule has 20 heavy (non-hydrogen) atoms. The molecular weight excluding hydrogens is 258 g/mol. The van der Waals surface area contributed by atoms with Crippen molar-refractivity contribution in [2.75, 3.05) is 13.2 Å². The average Bonchev–Trinajstić information content (AvgIpc) is 2.62. The summed E-state index contributed by atoms with van der Waals surface area (Å²) in [6.45, 7) is 4.37. The maximum absolute atomic E-state index is 12.2. The highest BCUT2D eigenvalue weighted by atomic mass is 16.5. The van der Waals surface area contributed by atoms with Crippen LogP contribution in [0.1, 0.15) is 38.4 Å². The number of carbonyl (C=O) groups is 1. The monoisotopic (exact) mass is 279 g/mol. The van der Waals surface area contributed by atoms with Crippen molar-refractivity contribution < 1.29 is 13.9 Å². The number of amides is 1. The summed E-state index contributed by atoms with van der Waals surface area (Å²) in [6.07, 6.45) is 5.70. The van der Waals surface area contributed by atoms with Gasteiger partial charge in [-0.15, -0.1) is 0 Å². The largest absolute Gasteiger partial charge is 0.476 e. The summed E-state index contributed by atoms with van der Waals surface area (Å²) in [4.78, 5) is 25.7. The lowest BCUT2D eigenvalue weighted by molar-refractivity contribution is -0.135. The Labute approximate surface area is 118 Å². The topological polar surface area (TPSA) is 59.8 Å². The van der Waals surface area contributed by atoms with Gasteiger partial charge in [0.1, 0.15) is 5.76 Å². The molecule has 5 nitrogen and oxygen atoms in total. The van der Waals surface area contributed by atoms with Gasteiger partial charge in [0.2, 0.25) is 11.2 Å². The Morgan fingerprint density at radius 3 is 3.00 bits per heavy atom. The molecule has 1 saturated heterocycles. The molecule has 0 radical (unpaired) electrons. The zero-order valence-electron chi connectivity index (χ0n) is 12.1. The summed E-state index contributed by atoms with van der Waals surface area (Å²) in [5, 5.41) is 0. The van der Waals surface area contributed by atoms with Gasteiger partial charge >= 0.3 is 0 Å². The molecule has 0 bridgehead atoms. The van der Waals surface area contributed by atoms with Gasteiger partial charge in [-0.05, 0) is 26.7 Å². The predicted octanol–water partition coefficient (Wildman–Crippen LogP) is 2.12. The zero-order valence-corrected chi connectivity index (χ0v) is 12.1. The van der Waals surface area contributed by atoms with Crippen molar-refractivity contribution in [2.24, 2.45) is 0 Å². The van der Waals surface area contributed by atoms with E-state index in [9.17, 15) is 9.59 Å². The van der Waals surface area contributed by atoms with Gasteiger partial charge in [-0.1, -0.05) is 12.8 Å². The van der Waals surface area contributed by atoms with Crippen molar-refractivity contribution in [3.63, 3.8) is 0 Å². The fourth-order valence-electron chi connectivity index (χ4n) is 2.54. The molecule has 0 spiro atoms. The number of aryl methyl sites for hydroxylation is 1. The normalized spacial score (nSPS) is 19.5. The van der Waals surface area contributed by atoms with E-state index in [0.29, 0.717) is 5.76 Å². The third-order valence-corrected chi connectivity index (χ3v) is 3.72. The lowest BCUT2D eigenvalue weighted by atomic mass is 10.1. The van der Waals surface area contributed by atoms with E-state index in [1.165, 1.54) is 12.3 Å². The van der Waals surface area contributed by atoms with E-state index in [4.69, 9.17) is 9.15 Å². The van der Waals surface area contributed by atoms with Crippen LogP contribution in [0.25, 0.3) is 0 Å². The highest BCUT2D eigenvalue weighted by Crippen LogP contribution is 2.17. The van der Waals surface area contributed by atoms with Crippen LogP contribution < -0.4 is 10.2 Å². The zero-order chi connectivity index (χ0) is 14.5. The fraction of sp³-hybridized carbons (Fsp3) is 0.600. The summed E-state index contributed by atoms with van der Waals surface area (Å²) in [5.41, 5.74) is -0.259. The van der Waals surface area contributed by atoms with E-state index in [1.807, 2.05) is 4.90 Å². The highest BCUT2D eigenvalue weighted by Gasteiger charge is 2.22. The molecule has 1 unspecified atom stereocenters. The van der Waals surface area contributed by atoms with E-state index >= 15 is 0 Å². The maximum Gasteiger partial charge on any atom is 0.260 e. The van der Waals surface area contributed by atoms with Crippen LogP contribution in [0.2, 0.25) is 0 Å². The molecule has 2 heterocycles. The van der Waals surface area contributed by atoms with Gasteiger partial charge in [-0.25, -0.2) is 0 Å². The van der Waals surface area contributed by atoms with Gasteiger partial charge in [0.05, 0.1) is 6.26 Å². The van der Waals surface area contributed by atoms with Crippen LogP contribution in [0.5, 0.6) is 5.75 Å². The second kappa shape index (κ2) is 6.59. The summed E-state index contributed by atoms with van der Waals surface area (Å²) in [5.74, 6) is 0.458. The first-order chi connectivity index (χ1) is 9.59. The summed E-state index contributed by atoms with van der Waals surface area (Å²) < 4.78 is 10.5. The van der Waals surface area contributed by atoms with Crippen LogP contribution in [0, 0.1) is 6.92 Å². The number of nitrogens with zero attached hydrogens (tertiary/aromatic N) is 1. The molecule has 0 saturated carbocycles. The summed E-state index contributed by atoms with van der Waals surface area (Å²) in [7, 11) is 0. The molecule has 0 aliphatic carbocycles. The van der Waals surface area contributed by atoms with Crippen molar-refractivity contribution in [3.05, 3.63) is 28.3 Å². The van der Waals surface area contributed by atoms with E-state index < -0.39 is 0 Å². The number of rotatable bonds is 3. The molecule has 0 N–H and O–H groups in total. The minimum Gasteiger partial charge on any atom is -0.476 e. The van der Waals surface area contributed by atoms with Gasteiger partial charge in [0.15, 0.2) is 6.61 Å². The Morgan fingerprint density at radius 1 is 1.45 bits per heavy atom. The molecule has 1 aliphatic heterocycles. The lowest BCUT2D eigenvalue weighted by Gasteiger charge is -2.27. The predicted molar refractivity (Wildman–Crippen MR) is 74.9 cm³/mol. The average molecular weight is 279 g/mol. The van der Waals surface area contributed by atoms with E-state index in [0.717, 1.165) is 32.2 Å². The molecule has 0 aromatic carbocycles. The number of carbonyl (C=O) groups excluding carboxylic acids is 1. The summed E-state index contributed by atoms with van der Waals surface area (Å²) in [6, 6.07) is 1.53. The van der Waals surface area contributed by atoms with Gasteiger partial charge < -0.3 is 14.1 Å². The van der Waals surface area contributed by atoms with Crippen LogP contribution in [0.4, 0.5) is 0 Å². The Balaban J connectivity index is 1.99. The van der Waals surface area contributed by atoms with Gasteiger partial charge in [0.25, 0.3) is 5.91 Å². The standard InChI is InChI=1S/C15H21NO4/c1-11-6-4-3-5-8-16(11)14(18)10-20-15-12(2)19-9-7-13(15)17/h7,9,11H,3-6,8,10H2,1-2H3. The minimum absolute atomic E-state index is 0.0675. The lowest BCUT2D eigenvalue weighted by Crippen LogP contribution is -2.41. The summed E-state index contributed by atoms with van der Waals surface area (Å²) >= 11 is 0. The second-order valence-corrected chi connectivity index (χ2v) is 5.24. The minimum atomic E-state index is -0.259. The molecule has 1 aromatic rings. The first-order valence-electron chi connectivity index (χ1n) is 7.10. The third kappa shape index (κ3) is 3.40. The van der Waals surface area contributed by atoms with Gasteiger partial charge in [-0.3, -0.25) is 9.59 Å². The van der Waals surface area contributed by atoms with E-state index in [2.05, 4.69) is 6.92 Å². The Morgan fingerprint density at radius 2 is 2.25 bits per heavy atom. The maximum atomic E-state index is 12.2. The Hall–Kier alpha value is -1.78. The number of likely N-dealkylation sites (tertiary alicyclic amines) is 1. The molecule has 2 rings (SSSR count). The molecule has 1 atom stereocenters.